The number of halogens is 1. The van der Waals surface area contributed by atoms with E-state index in [0.29, 0.717) is 16.0 Å². The van der Waals surface area contributed by atoms with Crippen molar-refractivity contribution in [1.82, 2.24) is 0 Å². The fourth-order valence-corrected chi connectivity index (χ4v) is 4.44. The minimum Gasteiger partial charge on any atom is -0.289 e. The van der Waals surface area contributed by atoms with Crippen molar-refractivity contribution >= 4 is 34.2 Å². The van der Waals surface area contributed by atoms with Crippen LogP contribution in [0.1, 0.15) is 63.0 Å². The highest BCUT2D eigenvalue weighted by molar-refractivity contribution is 6.33. The molecule has 0 spiro atoms. The first kappa shape index (κ1) is 20.7. The molecule has 30 heavy (non-hydrogen) atoms. The lowest BCUT2D eigenvalue weighted by molar-refractivity contribution is 0.101. The molecule has 1 aliphatic carbocycles. The Labute approximate surface area is 183 Å². The fourth-order valence-electron chi connectivity index (χ4n) is 4.19. The summed E-state index contributed by atoms with van der Waals surface area (Å²) in [5.41, 5.74) is 4.04. The number of benzene rings is 3. The van der Waals surface area contributed by atoms with Gasteiger partial charge in [-0.25, -0.2) is 0 Å². The zero-order valence-corrected chi connectivity index (χ0v) is 19.1. The third kappa shape index (κ3) is 3.24. The van der Waals surface area contributed by atoms with Crippen LogP contribution in [-0.4, -0.2) is 5.78 Å². The quantitative estimate of drug-likeness (QED) is 0.392. The Hall–Kier alpha value is -2.58. The monoisotopic (exact) mass is 417 g/mol. The normalized spacial score (nSPS) is 14.2. The molecule has 3 aromatic carbocycles. The molecule has 0 aromatic heterocycles. The first-order valence-electron chi connectivity index (χ1n) is 10.2. The van der Waals surface area contributed by atoms with Gasteiger partial charge in [0.1, 0.15) is 0 Å². The van der Waals surface area contributed by atoms with E-state index in [1.165, 1.54) is 0 Å². The summed E-state index contributed by atoms with van der Waals surface area (Å²) in [5, 5.41) is 15.4. The van der Waals surface area contributed by atoms with Crippen molar-refractivity contribution in [3.05, 3.63) is 69.8 Å². The van der Waals surface area contributed by atoms with E-state index in [0.717, 1.165) is 33.2 Å². The first-order valence-corrected chi connectivity index (χ1v) is 10.6. The van der Waals surface area contributed by atoms with Crippen LogP contribution < -0.4 is 0 Å². The lowest BCUT2D eigenvalue weighted by atomic mass is 9.74. The van der Waals surface area contributed by atoms with Crippen molar-refractivity contribution in [1.29, 1.82) is 0 Å². The summed E-state index contributed by atoms with van der Waals surface area (Å²) < 4.78 is 0. The van der Waals surface area contributed by atoms with Crippen LogP contribution in [0.15, 0.2) is 48.0 Å². The molecule has 0 saturated carbocycles. The molecule has 0 atom stereocenters. The average Bonchev–Trinajstić information content (AvgIpc) is 2.64. The van der Waals surface area contributed by atoms with Crippen molar-refractivity contribution in [3.63, 3.8) is 0 Å². The van der Waals surface area contributed by atoms with Crippen LogP contribution in [0, 0.1) is 5.41 Å². The molecule has 0 unspecified atom stereocenters. The van der Waals surface area contributed by atoms with Crippen LogP contribution >= 0.6 is 11.6 Å². The van der Waals surface area contributed by atoms with E-state index >= 15 is 0 Å². The minimum absolute atomic E-state index is 0.0168. The van der Waals surface area contributed by atoms with Gasteiger partial charge in [-0.2, -0.15) is 0 Å². The van der Waals surface area contributed by atoms with Gasteiger partial charge in [-0.15, -0.1) is 0 Å². The zero-order chi connectivity index (χ0) is 22.0. The highest BCUT2D eigenvalue weighted by Gasteiger charge is 2.33. The molecule has 0 saturated heterocycles. The molecule has 0 heterocycles. The maximum absolute atomic E-state index is 13.5. The van der Waals surface area contributed by atoms with E-state index in [-0.39, 0.29) is 22.4 Å². The number of ketones is 1. The third-order valence-corrected chi connectivity index (χ3v) is 6.14. The molecule has 0 fully saturated rings. The topological polar surface area (TPSA) is 37.0 Å². The van der Waals surface area contributed by atoms with Crippen LogP contribution in [0.25, 0.3) is 28.0 Å². The molecular weight excluding hydrogens is 392 g/mol. The van der Waals surface area contributed by atoms with Crippen LogP contribution in [0.5, 0.6) is 5.75 Å². The number of hydrogen-bond acceptors (Lipinski definition) is 1. The molecule has 153 valence electrons. The maximum Gasteiger partial charge on any atom is 0.190 e. The van der Waals surface area contributed by atoms with Crippen LogP contribution in [-0.2, 0) is 10.5 Å². The molecule has 1 aliphatic rings. The van der Waals surface area contributed by atoms with Crippen LogP contribution in [0.4, 0.5) is 0 Å². The largest absolute Gasteiger partial charge is 0.289 e. The van der Waals surface area contributed by atoms with Crippen molar-refractivity contribution in [3.8, 4) is 16.9 Å². The predicted octanol–water partition coefficient (Wildman–Crippen LogP) is 8.23. The summed E-state index contributed by atoms with van der Waals surface area (Å²) in [5.74, 6) is -0.0337. The Morgan fingerprint density at radius 2 is 1.50 bits per heavy atom. The van der Waals surface area contributed by atoms with Crippen LogP contribution in [0.3, 0.4) is 0 Å². The van der Waals surface area contributed by atoms with Gasteiger partial charge in [-0.1, -0.05) is 71.3 Å². The van der Waals surface area contributed by atoms with Gasteiger partial charge in [0.05, 0.1) is 0 Å². The van der Waals surface area contributed by atoms with E-state index in [1.807, 2.05) is 90.1 Å². The van der Waals surface area contributed by atoms with E-state index in [4.69, 9.17) is 11.6 Å². The average molecular weight is 418 g/mol. The van der Waals surface area contributed by atoms with Gasteiger partial charge in [0, 0.05) is 38.1 Å². The Kier molecular flexibility index (Phi) is 4.63. The standard InChI is InChI=1S/C27H26ClO2/c1-26(2,3)20-13-16-14-21(27(4,5)6)25(30)19-12-15(11-18(23(16)19)24(20)29)17-9-7-8-10-22(17)28/h7-14H,1-6H3. The molecule has 3 heteroatoms. The van der Waals surface area contributed by atoms with Gasteiger partial charge >= 0.3 is 0 Å². The number of Topliss-reactive ketones (excluding diaryl/α,β-unsaturated/α-hetero) is 1. The second-order valence-electron chi connectivity index (χ2n) is 10.2. The van der Waals surface area contributed by atoms with Crippen molar-refractivity contribution in [2.45, 2.75) is 47.0 Å². The van der Waals surface area contributed by atoms with Gasteiger partial charge in [-0.05, 0) is 52.3 Å². The third-order valence-electron chi connectivity index (χ3n) is 5.81. The molecule has 4 rings (SSSR count). The summed E-state index contributed by atoms with van der Waals surface area (Å²) in [6.45, 7) is 12.3. The number of allylic oxidation sites excluding steroid dienone is 1. The summed E-state index contributed by atoms with van der Waals surface area (Å²) in [6, 6.07) is 13.3. The van der Waals surface area contributed by atoms with Crippen molar-refractivity contribution in [2.75, 3.05) is 0 Å². The smallest absolute Gasteiger partial charge is 0.190 e. The van der Waals surface area contributed by atoms with Gasteiger partial charge in [0.25, 0.3) is 0 Å². The Morgan fingerprint density at radius 3 is 2.10 bits per heavy atom. The zero-order valence-electron chi connectivity index (χ0n) is 18.3. The predicted molar refractivity (Wildman–Crippen MR) is 125 cm³/mol. The Bertz CT molecular complexity index is 1230. The summed E-state index contributed by atoms with van der Waals surface area (Å²) in [6.07, 6.45) is 1.97. The Morgan fingerprint density at radius 1 is 0.833 bits per heavy atom. The fraction of sp³-hybridized carbons (Fsp3) is 0.296. The van der Waals surface area contributed by atoms with E-state index < -0.39 is 0 Å². The van der Waals surface area contributed by atoms with E-state index in [2.05, 4.69) is 0 Å². The summed E-state index contributed by atoms with van der Waals surface area (Å²) in [7, 11) is 0. The maximum atomic E-state index is 13.5. The molecule has 1 radical (unpaired) electrons. The van der Waals surface area contributed by atoms with E-state index in [9.17, 15) is 9.90 Å². The van der Waals surface area contributed by atoms with Gasteiger partial charge in [0.2, 0.25) is 0 Å². The highest BCUT2D eigenvalue weighted by Crippen LogP contribution is 2.47. The molecule has 0 bridgehead atoms. The SMILES string of the molecule is CC(C)(C)C1=Cc2cc(C(C)(C)C)c([O])c3cc(-c4ccccc4Cl)cc(c23)C1=O. The number of rotatable bonds is 1. The minimum atomic E-state index is -0.306. The van der Waals surface area contributed by atoms with Gasteiger partial charge < -0.3 is 0 Å². The molecule has 3 aromatic rings. The van der Waals surface area contributed by atoms with Gasteiger partial charge in [0.15, 0.2) is 11.5 Å². The summed E-state index contributed by atoms with van der Waals surface area (Å²) in [4.78, 5) is 13.5. The molecular formula is C27H26ClO2. The number of hydrogen-bond donors (Lipinski definition) is 0. The molecule has 0 aliphatic heterocycles. The van der Waals surface area contributed by atoms with Crippen LogP contribution in [0.2, 0.25) is 5.02 Å². The van der Waals surface area contributed by atoms with Gasteiger partial charge in [-0.3, -0.25) is 9.90 Å². The number of carbonyl (C=O) groups excluding carboxylic acids is 1. The second kappa shape index (κ2) is 6.72. The Balaban J connectivity index is 2.16. The number of carbonyl (C=O) groups is 1. The second-order valence-corrected chi connectivity index (χ2v) is 10.6. The molecule has 2 nitrogen and oxygen atoms in total. The first-order chi connectivity index (χ1) is 13.9. The molecule has 0 amide bonds. The van der Waals surface area contributed by atoms with Crippen molar-refractivity contribution in [2.24, 2.45) is 5.41 Å². The lowest BCUT2D eigenvalue weighted by Crippen LogP contribution is -2.21. The highest BCUT2D eigenvalue weighted by atomic mass is 35.5. The van der Waals surface area contributed by atoms with E-state index in [1.54, 1.807) is 0 Å². The molecule has 0 N–H and O–H groups in total. The lowest BCUT2D eigenvalue weighted by Gasteiger charge is -2.29. The van der Waals surface area contributed by atoms with Crippen molar-refractivity contribution < 1.29 is 9.90 Å². The summed E-state index contributed by atoms with van der Waals surface area (Å²) >= 11 is 6.46.